The first-order valence-corrected chi connectivity index (χ1v) is 8.12. The maximum atomic E-state index is 12.5. The minimum Gasteiger partial charge on any atom is -0.391 e. The second-order valence-electron chi connectivity index (χ2n) is 6.23. The summed E-state index contributed by atoms with van der Waals surface area (Å²) in [5.41, 5.74) is 1.61. The zero-order valence-corrected chi connectivity index (χ0v) is 13.3. The van der Waals surface area contributed by atoms with Gasteiger partial charge in [0.05, 0.1) is 23.7 Å². The average molecular weight is 317 g/mol. The lowest BCUT2D eigenvalue weighted by atomic mass is 9.97. The molecule has 6 heteroatoms. The summed E-state index contributed by atoms with van der Waals surface area (Å²) in [6.07, 6.45) is 0.742. The Morgan fingerprint density at radius 1 is 1.48 bits per heavy atom. The predicted octanol–water partition coefficient (Wildman–Crippen LogP) is 1.16. The molecule has 0 spiro atoms. The number of ketones is 1. The fourth-order valence-corrected chi connectivity index (χ4v) is 3.21. The quantitative estimate of drug-likeness (QED) is 0.770. The third-order valence-corrected chi connectivity index (χ3v) is 4.39. The van der Waals surface area contributed by atoms with Crippen LogP contribution in [0.5, 0.6) is 0 Å². The van der Waals surface area contributed by atoms with Gasteiger partial charge in [0.2, 0.25) is 0 Å². The largest absolute Gasteiger partial charge is 0.391 e. The molecule has 0 unspecified atom stereocenters. The highest BCUT2D eigenvalue weighted by Gasteiger charge is 2.25. The highest BCUT2D eigenvalue weighted by atomic mass is 16.3. The van der Waals surface area contributed by atoms with Crippen molar-refractivity contribution >= 4 is 16.8 Å². The molecule has 0 aliphatic carbocycles. The molecule has 1 fully saturated rings. The van der Waals surface area contributed by atoms with Crippen molar-refractivity contribution in [1.29, 1.82) is 0 Å². The lowest BCUT2D eigenvalue weighted by Crippen LogP contribution is -2.46. The topological polar surface area (TPSA) is 87.4 Å². The first-order chi connectivity index (χ1) is 11.1. The number of hydrogen-bond donors (Lipinski definition) is 3. The first-order valence-electron chi connectivity index (χ1n) is 8.12. The van der Waals surface area contributed by atoms with Crippen molar-refractivity contribution in [3.63, 3.8) is 0 Å². The molecule has 1 aliphatic rings. The minimum absolute atomic E-state index is 0.0218. The van der Waals surface area contributed by atoms with Crippen LogP contribution >= 0.6 is 0 Å². The van der Waals surface area contributed by atoms with Gasteiger partial charge in [0.1, 0.15) is 11.9 Å². The van der Waals surface area contributed by atoms with Gasteiger partial charge in [0.15, 0.2) is 5.78 Å². The Morgan fingerprint density at radius 3 is 3.00 bits per heavy atom. The van der Waals surface area contributed by atoms with Gasteiger partial charge in [-0.2, -0.15) is 0 Å². The summed E-state index contributed by atoms with van der Waals surface area (Å²) in [6, 6.07) is 7.36. The Morgan fingerprint density at radius 2 is 2.26 bits per heavy atom. The number of Topliss-reactive ketones (excluding diaryl/α,β-unsaturated/α-hetero) is 1. The van der Waals surface area contributed by atoms with Gasteiger partial charge in [-0.3, -0.25) is 4.79 Å². The molecular weight excluding hydrogens is 294 g/mol. The van der Waals surface area contributed by atoms with Gasteiger partial charge in [-0.05, 0) is 38.4 Å². The van der Waals surface area contributed by atoms with Crippen molar-refractivity contribution in [2.24, 2.45) is 0 Å². The van der Waals surface area contributed by atoms with Gasteiger partial charge >= 0.3 is 0 Å². The Labute approximate surface area is 135 Å². The van der Waals surface area contributed by atoms with E-state index in [1.54, 1.807) is 11.5 Å². The molecule has 3 N–H and O–H groups in total. The van der Waals surface area contributed by atoms with Gasteiger partial charge in [0.25, 0.3) is 0 Å². The van der Waals surface area contributed by atoms with Gasteiger partial charge < -0.3 is 20.1 Å². The molecule has 0 amide bonds. The zero-order chi connectivity index (χ0) is 16.4. The second kappa shape index (κ2) is 6.78. The number of aromatic nitrogens is 2. The van der Waals surface area contributed by atoms with Crippen molar-refractivity contribution in [2.45, 2.75) is 51.0 Å². The van der Waals surface area contributed by atoms with Crippen LogP contribution in [0.25, 0.3) is 11.0 Å². The number of benzene rings is 1. The van der Waals surface area contributed by atoms with Crippen molar-refractivity contribution in [2.75, 3.05) is 6.54 Å². The lowest BCUT2D eigenvalue weighted by Gasteiger charge is -2.28. The highest BCUT2D eigenvalue weighted by Crippen LogP contribution is 2.21. The fraction of sp³-hybridized carbons (Fsp3) is 0.529. The Bertz CT molecular complexity index is 695. The number of carbonyl (C=O) groups is 1. The van der Waals surface area contributed by atoms with Crippen LogP contribution in [0, 0.1) is 0 Å². The number of nitrogens with zero attached hydrogens (tertiary/aromatic N) is 2. The van der Waals surface area contributed by atoms with E-state index in [-0.39, 0.29) is 24.8 Å². The Balaban J connectivity index is 1.80. The smallest absolute Gasteiger partial charge is 0.154 e. The molecule has 124 valence electrons. The molecule has 1 saturated heterocycles. The second-order valence-corrected chi connectivity index (χ2v) is 6.23. The summed E-state index contributed by atoms with van der Waals surface area (Å²) < 4.78 is 1.78. The summed E-state index contributed by atoms with van der Waals surface area (Å²) in [4.78, 5) is 16.9. The van der Waals surface area contributed by atoms with Crippen molar-refractivity contribution in [1.82, 2.24) is 14.9 Å². The molecule has 2 aromatic rings. The maximum Gasteiger partial charge on any atom is 0.154 e. The van der Waals surface area contributed by atoms with Crippen LogP contribution < -0.4 is 5.32 Å². The number of aliphatic hydroxyl groups is 2. The van der Waals surface area contributed by atoms with Crippen LogP contribution in [0.15, 0.2) is 24.3 Å². The standard InChI is InChI=1S/C17H23N3O3/c1-11(21)17-19-13-5-2-3-6-15(13)20(17)10-12(22)9-14-16(23)7-4-8-18-14/h2-3,5-6,11,14,16,18,21,23H,4,7-10H2,1H3/t11-,14-,16+/m1/s1. The van der Waals surface area contributed by atoms with E-state index in [4.69, 9.17) is 0 Å². The summed E-state index contributed by atoms with van der Waals surface area (Å²) in [5, 5.41) is 23.1. The third kappa shape index (κ3) is 3.44. The normalized spacial score (nSPS) is 23.1. The summed E-state index contributed by atoms with van der Waals surface area (Å²) in [5.74, 6) is 0.519. The number of fused-ring (bicyclic) bond motifs is 1. The average Bonchev–Trinajstić information content (AvgIpc) is 2.89. The van der Waals surface area contributed by atoms with E-state index < -0.39 is 12.2 Å². The molecule has 3 atom stereocenters. The van der Waals surface area contributed by atoms with E-state index in [1.807, 2.05) is 24.3 Å². The SMILES string of the molecule is C[C@@H](O)c1nc2ccccc2n1CC(=O)C[C@H]1NCCC[C@@H]1O. The molecular formula is C17H23N3O3. The van der Waals surface area contributed by atoms with E-state index in [2.05, 4.69) is 10.3 Å². The zero-order valence-electron chi connectivity index (χ0n) is 13.3. The molecule has 0 radical (unpaired) electrons. The van der Waals surface area contributed by atoms with Crippen LogP contribution in [0.1, 0.15) is 38.1 Å². The van der Waals surface area contributed by atoms with Crippen LogP contribution in [0.3, 0.4) is 0 Å². The molecule has 0 saturated carbocycles. The highest BCUT2D eigenvalue weighted by molar-refractivity contribution is 5.82. The van der Waals surface area contributed by atoms with E-state index in [1.165, 1.54) is 0 Å². The monoisotopic (exact) mass is 317 g/mol. The predicted molar refractivity (Wildman–Crippen MR) is 87.0 cm³/mol. The van der Waals surface area contributed by atoms with Crippen molar-refractivity contribution < 1.29 is 15.0 Å². The summed E-state index contributed by atoms with van der Waals surface area (Å²) in [6.45, 7) is 2.64. The van der Waals surface area contributed by atoms with Gasteiger partial charge in [0, 0.05) is 12.5 Å². The van der Waals surface area contributed by atoms with E-state index in [9.17, 15) is 15.0 Å². The van der Waals surface area contributed by atoms with Crippen LogP contribution in [-0.4, -0.2) is 44.2 Å². The van der Waals surface area contributed by atoms with Crippen LogP contribution in [-0.2, 0) is 11.3 Å². The molecule has 1 aromatic carbocycles. The minimum atomic E-state index is -0.742. The van der Waals surface area contributed by atoms with E-state index in [0.29, 0.717) is 5.82 Å². The van der Waals surface area contributed by atoms with Crippen LogP contribution in [0.2, 0.25) is 0 Å². The van der Waals surface area contributed by atoms with Crippen molar-refractivity contribution in [3.05, 3.63) is 30.1 Å². The molecule has 1 aromatic heterocycles. The molecule has 23 heavy (non-hydrogen) atoms. The maximum absolute atomic E-state index is 12.5. The van der Waals surface area contributed by atoms with Gasteiger partial charge in [-0.25, -0.2) is 4.98 Å². The number of piperidine rings is 1. The molecule has 3 rings (SSSR count). The molecule has 6 nitrogen and oxygen atoms in total. The fourth-order valence-electron chi connectivity index (χ4n) is 3.21. The first kappa shape index (κ1) is 16.1. The Kier molecular flexibility index (Phi) is 4.75. The third-order valence-electron chi connectivity index (χ3n) is 4.39. The number of hydrogen-bond acceptors (Lipinski definition) is 5. The summed E-state index contributed by atoms with van der Waals surface area (Å²) >= 11 is 0. The molecule has 1 aliphatic heterocycles. The lowest BCUT2D eigenvalue weighted by molar-refractivity contribution is -0.121. The summed E-state index contributed by atoms with van der Waals surface area (Å²) in [7, 11) is 0. The molecule has 0 bridgehead atoms. The number of rotatable bonds is 5. The van der Waals surface area contributed by atoms with Crippen LogP contribution in [0.4, 0.5) is 0 Å². The van der Waals surface area contributed by atoms with E-state index >= 15 is 0 Å². The van der Waals surface area contributed by atoms with Gasteiger partial charge in [-0.1, -0.05) is 12.1 Å². The number of imidazole rings is 1. The number of para-hydroxylation sites is 2. The van der Waals surface area contributed by atoms with Gasteiger partial charge in [-0.15, -0.1) is 0 Å². The Hall–Kier alpha value is -1.76. The number of carbonyl (C=O) groups excluding carboxylic acids is 1. The number of aliphatic hydroxyl groups excluding tert-OH is 2. The number of nitrogens with one attached hydrogen (secondary N) is 1. The molecule has 2 heterocycles. The van der Waals surface area contributed by atoms with Crippen molar-refractivity contribution in [3.8, 4) is 0 Å². The van der Waals surface area contributed by atoms with E-state index in [0.717, 1.165) is 30.4 Å².